The summed E-state index contributed by atoms with van der Waals surface area (Å²) in [4.78, 5) is 38.5. The van der Waals surface area contributed by atoms with Crippen LogP contribution in [0, 0.1) is 0 Å². The van der Waals surface area contributed by atoms with E-state index in [0.29, 0.717) is 19.3 Å². The Morgan fingerprint density at radius 3 is 0.744 bits per heavy atom. The highest BCUT2D eigenvalue weighted by molar-refractivity contribution is 5.71. The maximum atomic E-state index is 12.9. The molecule has 1 atom stereocenters. The number of hydrogen-bond donors (Lipinski definition) is 0. The summed E-state index contributed by atoms with van der Waals surface area (Å²) in [6.45, 7) is 6.42. The zero-order valence-corrected chi connectivity index (χ0v) is 54.0. The SMILES string of the molecule is CC/C=C\C/C=C\C/C=C\C/C=C\C/C=C\CCCCCCCC(=O)OC(COC(=O)CCCCCC/C=C\C/C=C\C/C=C\C/C=C\CC)COC(=O)CCCCCCCCCCCCCCCCCCCCCCCCCCCC. The molecular formula is C76H130O6. The molecule has 0 aromatic heterocycles. The van der Waals surface area contributed by atoms with E-state index < -0.39 is 6.10 Å². The van der Waals surface area contributed by atoms with Gasteiger partial charge in [-0.05, 0) is 103 Å². The molecule has 0 aliphatic rings. The van der Waals surface area contributed by atoms with Crippen LogP contribution in [-0.4, -0.2) is 37.2 Å². The van der Waals surface area contributed by atoms with Crippen molar-refractivity contribution < 1.29 is 28.6 Å². The van der Waals surface area contributed by atoms with Gasteiger partial charge in [0.25, 0.3) is 0 Å². The highest BCUT2D eigenvalue weighted by Crippen LogP contribution is 2.18. The summed E-state index contributed by atoms with van der Waals surface area (Å²) in [5, 5.41) is 0. The van der Waals surface area contributed by atoms with Gasteiger partial charge in [0.1, 0.15) is 13.2 Å². The molecule has 0 saturated carbocycles. The Morgan fingerprint density at radius 1 is 0.256 bits per heavy atom. The van der Waals surface area contributed by atoms with Crippen molar-refractivity contribution >= 4 is 17.9 Å². The van der Waals surface area contributed by atoms with E-state index in [9.17, 15) is 14.4 Å². The third kappa shape index (κ3) is 66.9. The molecule has 0 aromatic carbocycles. The molecule has 1 unspecified atom stereocenters. The number of allylic oxidation sites excluding steroid dienone is 18. The van der Waals surface area contributed by atoms with Gasteiger partial charge in [-0.25, -0.2) is 0 Å². The number of unbranched alkanes of at least 4 members (excludes halogenated alkanes) is 34. The minimum Gasteiger partial charge on any atom is -0.462 e. The van der Waals surface area contributed by atoms with Gasteiger partial charge in [0, 0.05) is 19.3 Å². The first-order chi connectivity index (χ1) is 40.5. The summed E-state index contributed by atoms with van der Waals surface area (Å²) < 4.78 is 17.0. The molecule has 0 bridgehead atoms. The molecule has 470 valence electrons. The molecule has 0 heterocycles. The average Bonchev–Trinajstić information content (AvgIpc) is 3.47. The number of hydrogen-bond acceptors (Lipinski definition) is 6. The molecule has 0 spiro atoms. The number of esters is 3. The van der Waals surface area contributed by atoms with E-state index in [1.807, 2.05) is 0 Å². The Morgan fingerprint density at radius 2 is 0.476 bits per heavy atom. The molecule has 82 heavy (non-hydrogen) atoms. The van der Waals surface area contributed by atoms with Gasteiger partial charge >= 0.3 is 17.9 Å². The van der Waals surface area contributed by atoms with Gasteiger partial charge in [-0.3, -0.25) is 14.4 Å². The predicted octanol–water partition coefficient (Wildman–Crippen LogP) is 24.2. The van der Waals surface area contributed by atoms with Crippen molar-refractivity contribution in [3.05, 3.63) is 109 Å². The molecule has 0 saturated heterocycles. The van der Waals surface area contributed by atoms with Crippen molar-refractivity contribution in [2.75, 3.05) is 13.2 Å². The van der Waals surface area contributed by atoms with Crippen LogP contribution in [0.25, 0.3) is 0 Å². The second-order valence-corrected chi connectivity index (χ2v) is 23.0. The summed E-state index contributed by atoms with van der Waals surface area (Å²) >= 11 is 0. The third-order valence-electron chi connectivity index (χ3n) is 15.0. The summed E-state index contributed by atoms with van der Waals surface area (Å²) in [5.74, 6) is -0.924. The number of ether oxygens (including phenoxy) is 3. The van der Waals surface area contributed by atoms with Crippen LogP contribution in [0.1, 0.15) is 335 Å². The molecule has 0 aliphatic carbocycles. The Hall–Kier alpha value is -3.93. The van der Waals surface area contributed by atoms with E-state index in [1.165, 1.54) is 148 Å². The molecule has 0 amide bonds. The second-order valence-electron chi connectivity index (χ2n) is 23.0. The maximum absolute atomic E-state index is 12.9. The maximum Gasteiger partial charge on any atom is 0.306 e. The smallest absolute Gasteiger partial charge is 0.306 e. The van der Waals surface area contributed by atoms with Crippen molar-refractivity contribution in [3.63, 3.8) is 0 Å². The van der Waals surface area contributed by atoms with E-state index in [2.05, 4.69) is 130 Å². The molecule has 0 aromatic rings. The molecule has 6 nitrogen and oxygen atoms in total. The monoisotopic (exact) mass is 1140 g/mol. The zero-order valence-electron chi connectivity index (χ0n) is 54.0. The molecule has 0 N–H and O–H groups in total. The van der Waals surface area contributed by atoms with E-state index >= 15 is 0 Å². The first-order valence-corrected chi connectivity index (χ1v) is 34.9. The van der Waals surface area contributed by atoms with Crippen LogP contribution in [0.2, 0.25) is 0 Å². The van der Waals surface area contributed by atoms with E-state index in [1.54, 1.807) is 0 Å². The Labute approximate surface area is 508 Å². The Bertz CT molecular complexity index is 1640. The van der Waals surface area contributed by atoms with Crippen molar-refractivity contribution in [3.8, 4) is 0 Å². The van der Waals surface area contributed by atoms with Crippen molar-refractivity contribution in [1.29, 1.82) is 0 Å². The van der Waals surface area contributed by atoms with Crippen LogP contribution < -0.4 is 0 Å². The molecule has 6 heteroatoms. The number of carbonyl (C=O) groups excluding carboxylic acids is 3. The van der Waals surface area contributed by atoms with E-state index in [-0.39, 0.29) is 31.1 Å². The quantitative estimate of drug-likeness (QED) is 0.0261. The number of carbonyl (C=O) groups is 3. The standard InChI is InChI=1S/C76H130O6/c1-4-7-10-13-16-19-22-25-28-31-33-35-36-37-38-39-41-42-45-48-51-54-57-60-63-66-69-75(78)81-72-73(71-80-74(77)68-65-62-59-56-53-50-47-44-30-27-24-21-18-15-12-9-6-3)82-76(79)70-67-64-61-58-55-52-49-46-43-40-34-32-29-26-23-20-17-14-11-8-5-2/h8-9,11-12,17-18,20-21,26-27,29-30,34,40,46-47,49-50,73H,4-7,10,13-16,19,22-25,28,31-33,35-39,41-45,48,51-72H2,1-3H3/b11-8-,12-9-,20-17-,21-18-,29-26-,30-27-,40-34-,49-46-,50-47-. The van der Waals surface area contributed by atoms with Gasteiger partial charge in [-0.2, -0.15) is 0 Å². The van der Waals surface area contributed by atoms with Gasteiger partial charge in [0.05, 0.1) is 0 Å². The van der Waals surface area contributed by atoms with Gasteiger partial charge in [0.15, 0.2) is 6.10 Å². The normalized spacial score (nSPS) is 12.8. The lowest BCUT2D eigenvalue weighted by atomic mass is 10.0. The summed E-state index contributed by atoms with van der Waals surface area (Å²) in [6, 6.07) is 0. The highest BCUT2D eigenvalue weighted by atomic mass is 16.6. The van der Waals surface area contributed by atoms with Crippen LogP contribution in [0.15, 0.2) is 109 Å². The first kappa shape index (κ1) is 78.1. The van der Waals surface area contributed by atoms with Gasteiger partial charge in [-0.15, -0.1) is 0 Å². The lowest BCUT2D eigenvalue weighted by molar-refractivity contribution is -0.167. The van der Waals surface area contributed by atoms with Crippen LogP contribution in [0.3, 0.4) is 0 Å². The largest absolute Gasteiger partial charge is 0.462 e. The first-order valence-electron chi connectivity index (χ1n) is 34.9. The summed E-state index contributed by atoms with van der Waals surface area (Å²) in [5.41, 5.74) is 0. The van der Waals surface area contributed by atoms with Crippen LogP contribution in [0.5, 0.6) is 0 Å². The minimum absolute atomic E-state index is 0.0928. The van der Waals surface area contributed by atoms with Gasteiger partial charge in [0.2, 0.25) is 0 Å². The van der Waals surface area contributed by atoms with Gasteiger partial charge < -0.3 is 14.2 Å². The third-order valence-corrected chi connectivity index (χ3v) is 15.0. The summed E-state index contributed by atoms with van der Waals surface area (Å²) in [7, 11) is 0. The van der Waals surface area contributed by atoms with Crippen LogP contribution in [0.4, 0.5) is 0 Å². The minimum atomic E-state index is -0.802. The molecular weight excluding hydrogens is 1010 g/mol. The Kier molecular flexibility index (Phi) is 66.2. The van der Waals surface area contributed by atoms with Crippen LogP contribution in [-0.2, 0) is 28.6 Å². The van der Waals surface area contributed by atoms with Crippen LogP contribution >= 0.6 is 0 Å². The van der Waals surface area contributed by atoms with Crippen molar-refractivity contribution in [1.82, 2.24) is 0 Å². The molecule has 0 fully saturated rings. The van der Waals surface area contributed by atoms with Gasteiger partial charge in [-0.1, -0.05) is 323 Å². The van der Waals surface area contributed by atoms with E-state index in [0.717, 1.165) is 148 Å². The fraction of sp³-hybridized carbons (Fsp3) is 0.724. The topological polar surface area (TPSA) is 78.9 Å². The average molecular weight is 1140 g/mol. The molecule has 0 rings (SSSR count). The Balaban J connectivity index is 4.38. The zero-order chi connectivity index (χ0) is 59.2. The van der Waals surface area contributed by atoms with Crippen molar-refractivity contribution in [2.45, 2.75) is 341 Å². The highest BCUT2D eigenvalue weighted by Gasteiger charge is 2.19. The summed E-state index contributed by atoms with van der Waals surface area (Å²) in [6.07, 6.45) is 95.4. The van der Waals surface area contributed by atoms with E-state index in [4.69, 9.17) is 14.2 Å². The lowest BCUT2D eigenvalue weighted by Gasteiger charge is -2.18. The number of rotatable bonds is 63. The molecule has 0 radical (unpaired) electrons. The molecule has 0 aliphatic heterocycles. The fourth-order valence-corrected chi connectivity index (χ4v) is 9.88. The van der Waals surface area contributed by atoms with Crippen molar-refractivity contribution in [2.24, 2.45) is 0 Å². The second kappa shape index (κ2) is 69.6. The lowest BCUT2D eigenvalue weighted by Crippen LogP contribution is -2.30. The predicted molar refractivity (Wildman–Crippen MR) is 357 cm³/mol. The fourth-order valence-electron chi connectivity index (χ4n) is 9.88.